The van der Waals surface area contributed by atoms with Crippen molar-refractivity contribution in [2.45, 2.75) is 58.0 Å². The molecule has 2 aliphatic rings. The van der Waals surface area contributed by atoms with Crippen molar-refractivity contribution in [3.63, 3.8) is 0 Å². The van der Waals surface area contributed by atoms with Crippen LogP contribution in [0.25, 0.3) is 0 Å². The molecule has 0 aromatic rings. The molecule has 2 fully saturated rings. The Morgan fingerprint density at radius 1 is 1.20 bits per heavy atom. The summed E-state index contributed by atoms with van der Waals surface area (Å²) in [7, 11) is 2.24. The molecular weight excluding hydrogens is 184 g/mol. The SMILES string of the molecule is CN1CCCC(NC2CCCC2(C)C)C1. The molecule has 1 saturated carbocycles. The topological polar surface area (TPSA) is 15.3 Å². The quantitative estimate of drug-likeness (QED) is 0.752. The highest BCUT2D eigenvalue weighted by atomic mass is 15.1. The smallest absolute Gasteiger partial charge is 0.0198 e. The van der Waals surface area contributed by atoms with Gasteiger partial charge in [-0.2, -0.15) is 0 Å². The van der Waals surface area contributed by atoms with Crippen LogP contribution < -0.4 is 5.32 Å². The van der Waals surface area contributed by atoms with E-state index in [0.717, 1.165) is 12.1 Å². The molecule has 1 heterocycles. The average Bonchev–Trinajstić information content (AvgIpc) is 2.46. The summed E-state index contributed by atoms with van der Waals surface area (Å²) in [4.78, 5) is 2.46. The molecule has 2 unspecified atom stereocenters. The van der Waals surface area contributed by atoms with Gasteiger partial charge < -0.3 is 10.2 Å². The van der Waals surface area contributed by atoms with Crippen LogP contribution in [0.4, 0.5) is 0 Å². The second-order valence-corrected chi connectivity index (χ2v) is 6.20. The van der Waals surface area contributed by atoms with Gasteiger partial charge in [0.05, 0.1) is 0 Å². The minimum atomic E-state index is 0.524. The molecule has 2 rings (SSSR count). The van der Waals surface area contributed by atoms with Crippen molar-refractivity contribution in [3.05, 3.63) is 0 Å². The lowest BCUT2D eigenvalue weighted by Crippen LogP contribution is -2.50. The molecule has 0 amide bonds. The van der Waals surface area contributed by atoms with Crippen molar-refractivity contribution in [1.29, 1.82) is 0 Å². The first-order chi connectivity index (χ1) is 7.08. The molecular formula is C13H26N2. The van der Waals surface area contributed by atoms with E-state index in [4.69, 9.17) is 0 Å². The maximum atomic E-state index is 3.90. The summed E-state index contributed by atoms with van der Waals surface area (Å²) < 4.78 is 0. The summed E-state index contributed by atoms with van der Waals surface area (Å²) in [5.41, 5.74) is 0.524. The van der Waals surface area contributed by atoms with Gasteiger partial charge in [0.15, 0.2) is 0 Å². The first-order valence-electron chi connectivity index (χ1n) is 6.52. The molecule has 0 spiro atoms. The molecule has 15 heavy (non-hydrogen) atoms. The van der Waals surface area contributed by atoms with E-state index < -0.39 is 0 Å². The monoisotopic (exact) mass is 210 g/mol. The fourth-order valence-electron chi connectivity index (χ4n) is 3.22. The number of hydrogen-bond acceptors (Lipinski definition) is 2. The summed E-state index contributed by atoms with van der Waals surface area (Å²) >= 11 is 0. The molecule has 0 bridgehead atoms. The molecule has 2 atom stereocenters. The summed E-state index contributed by atoms with van der Waals surface area (Å²) in [5.74, 6) is 0. The van der Waals surface area contributed by atoms with Crippen LogP contribution in [0.2, 0.25) is 0 Å². The number of rotatable bonds is 2. The lowest BCUT2D eigenvalue weighted by atomic mass is 9.86. The lowest BCUT2D eigenvalue weighted by molar-refractivity contribution is 0.186. The Bertz CT molecular complexity index is 213. The average molecular weight is 210 g/mol. The van der Waals surface area contributed by atoms with Gasteiger partial charge in [0.2, 0.25) is 0 Å². The van der Waals surface area contributed by atoms with E-state index in [-0.39, 0.29) is 0 Å². The van der Waals surface area contributed by atoms with Gasteiger partial charge in [-0.3, -0.25) is 0 Å². The van der Waals surface area contributed by atoms with Crippen molar-refractivity contribution < 1.29 is 0 Å². The number of piperidine rings is 1. The predicted octanol–water partition coefficient (Wildman–Crippen LogP) is 2.25. The number of nitrogens with zero attached hydrogens (tertiary/aromatic N) is 1. The molecule has 88 valence electrons. The van der Waals surface area contributed by atoms with Crippen LogP contribution in [0.1, 0.15) is 46.0 Å². The molecule has 0 radical (unpaired) electrons. The van der Waals surface area contributed by atoms with E-state index in [0.29, 0.717) is 5.41 Å². The Hall–Kier alpha value is -0.0800. The minimum Gasteiger partial charge on any atom is -0.309 e. The van der Waals surface area contributed by atoms with E-state index in [1.165, 1.54) is 45.2 Å². The van der Waals surface area contributed by atoms with Crippen LogP contribution >= 0.6 is 0 Å². The summed E-state index contributed by atoms with van der Waals surface area (Å²) in [6.45, 7) is 7.37. The third-order valence-electron chi connectivity index (χ3n) is 4.32. The summed E-state index contributed by atoms with van der Waals surface area (Å²) in [6.07, 6.45) is 6.92. The Morgan fingerprint density at radius 3 is 2.60 bits per heavy atom. The zero-order valence-electron chi connectivity index (χ0n) is 10.6. The van der Waals surface area contributed by atoms with E-state index in [2.05, 4.69) is 31.1 Å². The standard InChI is InChI=1S/C13H26N2/c1-13(2)8-4-7-12(13)14-11-6-5-9-15(3)10-11/h11-12,14H,4-10H2,1-3H3. The molecule has 0 aromatic carbocycles. The van der Waals surface area contributed by atoms with Crippen LogP contribution in [0.15, 0.2) is 0 Å². The summed E-state index contributed by atoms with van der Waals surface area (Å²) in [5, 5.41) is 3.90. The second kappa shape index (κ2) is 4.42. The van der Waals surface area contributed by atoms with E-state index in [9.17, 15) is 0 Å². The van der Waals surface area contributed by atoms with Gasteiger partial charge in [-0.1, -0.05) is 20.3 Å². The third-order valence-corrected chi connectivity index (χ3v) is 4.32. The van der Waals surface area contributed by atoms with Gasteiger partial charge in [-0.05, 0) is 44.7 Å². The molecule has 2 nitrogen and oxygen atoms in total. The maximum absolute atomic E-state index is 3.90. The molecule has 1 saturated heterocycles. The van der Waals surface area contributed by atoms with Crippen LogP contribution in [0.5, 0.6) is 0 Å². The lowest BCUT2D eigenvalue weighted by Gasteiger charge is -2.36. The number of likely N-dealkylation sites (N-methyl/N-ethyl adjacent to an activating group) is 1. The third kappa shape index (κ3) is 2.73. The van der Waals surface area contributed by atoms with Crippen LogP contribution in [0, 0.1) is 5.41 Å². The van der Waals surface area contributed by atoms with Crippen molar-refractivity contribution >= 4 is 0 Å². The van der Waals surface area contributed by atoms with Gasteiger partial charge in [-0.25, -0.2) is 0 Å². The molecule has 1 aliphatic carbocycles. The normalized spacial score (nSPS) is 37.0. The maximum Gasteiger partial charge on any atom is 0.0198 e. The Labute approximate surface area is 94.4 Å². The highest BCUT2D eigenvalue weighted by Gasteiger charge is 2.35. The van der Waals surface area contributed by atoms with Crippen molar-refractivity contribution in [2.75, 3.05) is 20.1 Å². The van der Waals surface area contributed by atoms with Crippen molar-refractivity contribution in [1.82, 2.24) is 10.2 Å². The fraction of sp³-hybridized carbons (Fsp3) is 1.00. The van der Waals surface area contributed by atoms with E-state index in [1.54, 1.807) is 0 Å². The summed E-state index contributed by atoms with van der Waals surface area (Å²) in [6, 6.07) is 1.50. The van der Waals surface area contributed by atoms with Gasteiger partial charge in [0.1, 0.15) is 0 Å². The van der Waals surface area contributed by atoms with Crippen molar-refractivity contribution in [2.24, 2.45) is 5.41 Å². The van der Waals surface area contributed by atoms with Crippen LogP contribution in [-0.4, -0.2) is 37.1 Å². The zero-order chi connectivity index (χ0) is 10.9. The highest BCUT2D eigenvalue weighted by molar-refractivity contribution is 4.93. The van der Waals surface area contributed by atoms with Crippen molar-refractivity contribution in [3.8, 4) is 0 Å². The second-order valence-electron chi connectivity index (χ2n) is 6.20. The molecule has 1 aliphatic heterocycles. The molecule has 2 heteroatoms. The molecule has 1 N–H and O–H groups in total. The largest absolute Gasteiger partial charge is 0.309 e. The Balaban J connectivity index is 1.85. The first kappa shape index (κ1) is 11.4. The van der Waals surface area contributed by atoms with Crippen LogP contribution in [-0.2, 0) is 0 Å². The van der Waals surface area contributed by atoms with Gasteiger partial charge in [0, 0.05) is 18.6 Å². The van der Waals surface area contributed by atoms with Gasteiger partial charge in [0.25, 0.3) is 0 Å². The first-order valence-corrected chi connectivity index (χ1v) is 6.52. The number of nitrogens with one attached hydrogen (secondary N) is 1. The Morgan fingerprint density at radius 2 is 2.00 bits per heavy atom. The van der Waals surface area contributed by atoms with Gasteiger partial charge in [-0.15, -0.1) is 0 Å². The van der Waals surface area contributed by atoms with Gasteiger partial charge >= 0.3 is 0 Å². The number of likely N-dealkylation sites (tertiary alicyclic amines) is 1. The van der Waals surface area contributed by atoms with E-state index in [1.807, 2.05) is 0 Å². The highest BCUT2D eigenvalue weighted by Crippen LogP contribution is 2.37. The zero-order valence-corrected chi connectivity index (χ0v) is 10.6. The Kier molecular flexibility index (Phi) is 3.36. The molecule has 0 aromatic heterocycles. The predicted molar refractivity (Wildman–Crippen MR) is 65.1 cm³/mol. The van der Waals surface area contributed by atoms with Crippen LogP contribution in [0.3, 0.4) is 0 Å². The minimum absolute atomic E-state index is 0.524. The fourth-order valence-corrected chi connectivity index (χ4v) is 3.22. The van der Waals surface area contributed by atoms with E-state index >= 15 is 0 Å². The number of hydrogen-bond donors (Lipinski definition) is 1.